The fraction of sp³-hybridized carbons (Fsp3) is 0.217. The number of nitrogen functional groups attached to an aromatic ring is 1. The maximum Gasteiger partial charge on any atom is 0.270 e. The Hall–Kier alpha value is -3.70. The molecule has 0 spiro atoms. The lowest BCUT2D eigenvalue weighted by atomic mass is 10.1. The Bertz CT molecular complexity index is 1440. The molecule has 11 heteroatoms. The number of benzene rings is 2. The van der Waals surface area contributed by atoms with Crippen molar-refractivity contribution in [2.45, 2.75) is 30.5 Å². The first kappa shape index (κ1) is 23.5. The van der Waals surface area contributed by atoms with E-state index >= 15 is 0 Å². The molecule has 0 radical (unpaired) electrons. The van der Waals surface area contributed by atoms with Gasteiger partial charge in [-0.2, -0.15) is 0 Å². The number of anilines is 1. The van der Waals surface area contributed by atoms with E-state index in [1.165, 1.54) is 32.2 Å². The molecule has 0 aliphatic heterocycles. The van der Waals surface area contributed by atoms with Gasteiger partial charge >= 0.3 is 0 Å². The van der Waals surface area contributed by atoms with Crippen molar-refractivity contribution in [2.24, 2.45) is 0 Å². The van der Waals surface area contributed by atoms with E-state index in [9.17, 15) is 12.8 Å². The molecule has 34 heavy (non-hydrogen) atoms. The highest BCUT2D eigenvalue weighted by molar-refractivity contribution is 7.92. The van der Waals surface area contributed by atoms with Crippen molar-refractivity contribution in [1.82, 2.24) is 25.5 Å². The Morgan fingerprint density at radius 2 is 1.74 bits per heavy atom. The van der Waals surface area contributed by atoms with Crippen LogP contribution in [0.1, 0.15) is 19.4 Å². The third kappa shape index (κ3) is 4.52. The van der Waals surface area contributed by atoms with E-state index in [0.717, 1.165) is 23.7 Å². The van der Waals surface area contributed by atoms with Crippen LogP contribution in [0.15, 0.2) is 58.0 Å². The summed E-state index contributed by atoms with van der Waals surface area (Å²) in [5, 5.41) is 10.4. The van der Waals surface area contributed by atoms with Gasteiger partial charge < -0.3 is 15.5 Å². The second-order valence-electron chi connectivity index (χ2n) is 7.87. The molecule has 0 saturated heterocycles. The Kier molecular flexibility index (Phi) is 6.40. The van der Waals surface area contributed by atoms with E-state index in [0.29, 0.717) is 5.56 Å². The molecule has 4 rings (SSSR count). The number of nitrogens with two attached hydrogens (primary N) is 1. The maximum atomic E-state index is 14.7. The summed E-state index contributed by atoms with van der Waals surface area (Å²) in [5.74, 6) is -0.469. The van der Waals surface area contributed by atoms with Gasteiger partial charge in [-0.25, -0.2) is 22.8 Å². The number of halogens is 1. The van der Waals surface area contributed by atoms with Crippen LogP contribution in [0.25, 0.3) is 34.3 Å². The molecular weight excluding hydrogens is 459 g/mol. The third-order valence-electron chi connectivity index (χ3n) is 5.16. The van der Waals surface area contributed by atoms with Crippen molar-refractivity contribution < 1.29 is 17.2 Å². The topological polar surface area (TPSA) is 137 Å². The fourth-order valence-corrected chi connectivity index (χ4v) is 4.34. The van der Waals surface area contributed by atoms with Crippen LogP contribution >= 0.6 is 0 Å². The molecule has 9 nitrogen and oxygen atoms in total. The van der Waals surface area contributed by atoms with Gasteiger partial charge in [0.25, 0.3) is 5.89 Å². The van der Waals surface area contributed by atoms with Crippen molar-refractivity contribution in [2.75, 3.05) is 12.8 Å². The number of hydrogen-bond acceptors (Lipinski definition) is 9. The summed E-state index contributed by atoms with van der Waals surface area (Å²) < 4.78 is 45.1. The molecule has 0 saturated carbocycles. The van der Waals surface area contributed by atoms with Crippen LogP contribution in [-0.2, 0) is 16.4 Å². The molecule has 176 valence electrons. The highest BCUT2D eigenvalue weighted by Gasteiger charge is 2.24. The zero-order valence-corrected chi connectivity index (χ0v) is 19.6. The standard InChI is InChI=1S/C23H23FN6O3S/c1-13(2)34(31,32)19-9-8-16(10-17(19)24)18-12-27-21(25)20(28-18)23-30-29-22(33-23)15-6-4-14(5-7-15)11-26-3/h4-10,12-13,26H,11H2,1-3H3,(H2,25,27). The second-order valence-corrected chi connectivity index (χ2v) is 10.3. The zero-order chi connectivity index (χ0) is 24.5. The van der Waals surface area contributed by atoms with Crippen LogP contribution in [0.2, 0.25) is 0 Å². The average Bonchev–Trinajstić information content (AvgIpc) is 3.30. The van der Waals surface area contributed by atoms with Crippen LogP contribution in [0, 0.1) is 5.82 Å². The van der Waals surface area contributed by atoms with E-state index in [1.54, 1.807) is 0 Å². The van der Waals surface area contributed by atoms with Crippen LogP contribution in [-0.4, -0.2) is 40.9 Å². The summed E-state index contributed by atoms with van der Waals surface area (Å²) >= 11 is 0. The van der Waals surface area contributed by atoms with Gasteiger partial charge in [0.2, 0.25) is 5.89 Å². The van der Waals surface area contributed by atoms with Crippen molar-refractivity contribution in [3.05, 3.63) is 60.0 Å². The highest BCUT2D eigenvalue weighted by Crippen LogP contribution is 2.29. The smallest absolute Gasteiger partial charge is 0.270 e. The van der Waals surface area contributed by atoms with Gasteiger partial charge in [-0.1, -0.05) is 18.2 Å². The number of hydrogen-bond donors (Lipinski definition) is 2. The van der Waals surface area contributed by atoms with Gasteiger partial charge in [-0.05, 0) is 50.7 Å². The molecule has 0 fully saturated rings. The van der Waals surface area contributed by atoms with Crippen molar-refractivity contribution >= 4 is 15.7 Å². The van der Waals surface area contributed by atoms with Crippen molar-refractivity contribution in [3.8, 4) is 34.3 Å². The minimum Gasteiger partial charge on any atom is -0.414 e. The summed E-state index contributed by atoms with van der Waals surface area (Å²) in [6, 6.07) is 11.4. The summed E-state index contributed by atoms with van der Waals surface area (Å²) in [6.07, 6.45) is 1.36. The Morgan fingerprint density at radius 3 is 2.38 bits per heavy atom. The minimum atomic E-state index is -3.76. The van der Waals surface area contributed by atoms with Gasteiger partial charge in [0.1, 0.15) is 10.7 Å². The maximum absolute atomic E-state index is 14.7. The minimum absolute atomic E-state index is 0.0561. The Labute approximate surface area is 196 Å². The van der Waals surface area contributed by atoms with Crippen molar-refractivity contribution in [1.29, 1.82) is 0 Å². The van der Waals surface area contributed by atoms with E-state index in [2.05, 4.69) is 25.5 Å². The van der Waals surface area contributed by atoms with Crippen LogP contribution in [0.5, 0.6) is 0 Å². The van der Waals surface area contributed by atoms with E-state index in [1.807, 2.05) is 31.3 Å². The first-order valence-corrected chi connectivity index (χ1v) is 12.0. The molecule has 0 aliphatic carbocycles. The predicted octanol–water partition coefficient (Wildman–Crippen LogP) is 3.48. The zero-order valence-electron chi connectivity index (χ0n) is 18.8. The summed E-state index contributed by atoms with van der Waals surface area (Å²) in [4.78, 5) is 8.17. The molecule has 2 aromatic heterocycles. The number of sulfone groups is 1. The normalized spacial score (nSPS) is 11.8. The molecule has 0 unspecified atom stereocenters. The summed E-state index contributed by atoms with van der Waals surface area (Å²) in [7, 11) is -1.89. The first-order valence-electron chi connectivity index (χ1n) is 10.4. The summed E-state index contributed by atoms with van der Waals surface area (Å²) in [6.45, 7) is 3.73. The molecule has 0 amide bonds. The number of nitrogens with one attached hydrogen (secondary N) is 1. The van der Waals surface area contributed by atoms with Gasteiger partial charge in [0.05, 0.1) is 17.1 Å². The molecule has 3 N–H and O–H groups in total. The summed E-state index contributed by atoms with van der Waals surface area (Å²) in [5.41, 5.74) is 8.56. The molecule has 2 aromatic carbocycles. The molecular formula is C23H23FN6O3S. The second kappa shape index (κ2) is 9.27. The predicted molar refractivity (Wildman–Crippen MR) is 126 cm³/mol. The van der Waals surface area contributed by atoms with Gasteiger partial charge in [-0.15, -0.1) is 10.2 Å². The molecule has 2 heterocycles. The van der Waals surface area contributed by atoms with Crippen LogP contribution < -0.4 is 11.1 Å². The first-order chi connectivity index (χ1) is 16.2. The molecule has 0 atom stereocenters. The lowest BCUT2D eigenvalue weighted by Gasteiger charge is -2.10. The van der Waals surface area contributed by atoms with Crippen LogP contribution in [0.4, 0.5) is 10.2 Å². The monoisotopic (exact) mass is 482 g/mol. The number of nitrogens with zero attached hydrogens (tertiary/aromatic N) is 4. The highest BCUT2D eigenvalue weighted by atomic mass is 32.2. The van der Waals surface area contributed by atoms with Gasteiger partial charge in [-0.3, -0.25) is 0 Å². The number of aromatic nitrogens is 4. The SMILES string of the molecule is CNCc1ccc(-c2nnc(-c3nc(-c4ccc(S(=O)(=O)C(C)C)c(F)c4)cnc3N)o2)cc1. The van der Waals surface area contributed by atoms with E-state index in [4.69, 9.17) is 10.2 Å². The quantitative estimate of drug-likeness (QED) is 0.405. The van der Waals surface area contributed by atoms with Crippen molar-refractivity contribution in [3.63, 3.8) is 0 Å². The lowest BCUT2D eigenvalue weighted by Crippen LogP contribution is -2.15. The Balaban J connectivity index is 1.67. The third-order valence-corrected chi connectivity index (χ3v) is 7.35. The van der Waals surface area contributed by atoms with E-state index in [-0.39, 0.29) is 33.9 Å². The lowest BCUT2D eigenvalue weighted by molar-refractivity contribution is 0.561. The van der Waals surface area contributed by atoms with E-state index < -0.39 is 20.9 Å². The Morgan fingerprint density at radius 1 is 1.06 bits per heavy atom. The van der Waals surface area contributed by atoms with Gasteiger partial charge in [0.15, 0.2) is 21.3 Å². The largest absolute Gasteiger partial charge is 0.414 e. The molecule has 4 aromatic rings. The fourth-order valence-electron chi connectivity index (χ4n) is 3.24. The molecule has 0 aliphatic rings. The average molecular weight is 483 g/mol. The van der Waals surface area contributed by atoms with Crippen LogP contribution in [0.3, 0.4) is 0 Å². The molecule has 0 bridgehead atoms. The van der Waals surface area contributed by atoms with Gasteiger partial charge in [0, 0.05) is 17.7 Å². The number of rotatable bonds is 7.